The van der Waals surface area contributed by atoms with Gasteiger partial charge < -0.3 is 0 Å². The fourth-order valence-corrected chi connectivity index (χ4v) is 0.783. The quantitative estimate of drug-likeness (QED) is 0.492. The number of halogens is 1. The zero-order valence-electron chi connectivity index (χ0n) is 5.29. The van der Waals surface area contributed by atoms with Crippen LogP contribution in [0, 0.1) is 0 Å². The fourth-order valence-electron chi connectivity index (χ4n) is 0.594. The lowest BCUT2D eigenvalue weighted by atomic mass is 10.1. The Morgan fingerprint density at radius 2 is 1.86 bits per heavy atom. The van der Waals surface area contributed by atoms with Crippen LogP contribution in [0.3, 0.4) is 0 Å². The van der Waals surface area contributed by atoms with Crippen molar-refractivity contribution in [3.8, 4) is 0 Å². The van der Waals surface area contributed by atoms with Gasteiger partial charge in [-0.05, 0) is 20.3 Å². The SMILES string of the molecule is CCCC(C)(C)Cl. The average molecular weight is 121 g/mol. The van der Waals surface area contributed by atoms with Gasteiger partial charge in [-0.1, -0.05) is 13.3 Å². The lowest BCUT2D eigenvalue weighted by Gasteiger charge is -2.12. The molecule has 0 saturated carbocycles. The first kappa shape index (κ1) is 7.29. The summed E-state index contributed by atoms with van der Waals surface area (Å²) in [5.41, 5.74) is 0. The molecule has 0 bridgehead atoms. The molecule has 1 heteroatoms. The molecule has 0 aliphatic rings. The van der Waals surface area contributed by atoms with E-state index < -0.39 is 0 Å². The lowest BCUT2D eigenvalue weighted by molar-refractivity contribution is 0.615. The van der Waals surface area contributed by atoms with E-state index in [4.69, 9.17) is 11.6 Å². The van der Waals surface area contributed by atoms with Crippen LogP contribution in [0.2, 0.25) is 0 Å². The highest BCUT2D eigenvalue weighted by atomic mass is 35.5. The van der Waals surface area contributed by atoms with Crippen molar-refractivity contribution in [2.24, 2.45) is 0 Å². The van der Waals surface area contributed by atoms with Gasteiger partial charge in [-0.15, -0.1) is 11.6 Å². The van der Waals surface area contributed by atoms with Gasteiger partial charge in [0.2, 0.25) is 0 Å². The van der Waals surface area contributed by atoms with Crippen LogP contribution < -0.4 is 0 Å². The summed E-state index contributed by atoms with van der Waals surface area (Å²) in [6, 6.07) is 0. The van der Waals surface area contributed by atoms with Gasteiger partial charge in [0.25, 0.3) is 0 Å². The van der Waals surface area contributed by atoms with E-state index >= 15 is 0 Å². The molecule has 0 nitrogen and oxygen atoms in total. The number of alkyl halides is 1. The maximum Gasteiger partial charge on any atom is 0.0390 e. The van der Waals surface area contributed by atoms with E-state index in [-0.39, 0.29) is 4.87 Å². The minimum atomic E-state index is 0.0226. The normalized spacial score (nSPS) is 12.0. The van der Waals surface area contributed by atoms with E-state index in [2.05, 4.69) is 6.92 Å². The third kappa shape index (κ3) is 6.29. The van der Waals surface area contributed by atoms with Crippen LogP contribution in [0.5, 0.6) is 0 Å². The Labute approximate surface area is 50.9 Å². The Bertz CT molecular complexity index is 42.6. The Morgan fingerprint density at radius 1 is 1.43 bits per heavy atom. The highest BCUT2D eigenvalue weighted by Gasteiger charge is 2.09. The summed E-state index contributed by atoms with van der Waals surface area (Å²) in [7, 11) is 0. The van der Waals surface area contributed by atoms with Crippen molar-refractivity contribution in [2.75, 3.05) is 0 Å². The maximum absolute atomic E-state index is 5.83. The van der Waals surface area contributed by atoms with Gasteiger partial charge >= 0.3 is 0 Å². The number of rotatable bonds is 2. The molecule has 7 heavy (non-hydrogen) atoms. The van der Waals surface area contributed by atoms with Crippen LogP contribution in [0.15, 0.2) is 0 Å². The van der Waals surface area contributed by atoms with Crippen molar-refractivity contribution >= 4 is 11.6 Å². The van der Waals surface area contributed by atoms with Crippen LogP contribution >= 0.6 is 11.6 Å². The minimum Gasteiger partial charge on any atom is -0.120 e. The summed E-state index contributed by atoms with van der Waals surface area (Å²) in [4.78, 5) is 0.0226. The molecule has 0 atom stereocenters. The monoisotopic (exact) mass is 120 g/mol. The standard InChI is InChI=1S/C6H13Cl/c1-4-5-6(2,3)7/h4-5H2,1-3H3. The number of hydrogen-bond acceptors (Lipinski definition) is 0. The van der Waals surface area contributed by atoms with E-state index in [1.54, 1.807) is 0 Å². The van der Waals surface area contributed by atoms with E-state index in [1.807, 2.05) is 13.8 Å². The zero-order valence-corrected chi connectivity index (χ0v) is 6.05. The molecule has 0 fully saturated rings. The van der Waals surface area contributed by atoms with Crippen molar-refractivity contribution < 1.29 is 0 Å². The highest BCUT2D eigenvalue weighted by Crippen LogP contribution is 2.18. The zero-order chi connectivity index (χ0) is 5.91. The third-order valence-electron chi connectivity index (χ3n) is 0.844. The van der Waals surface area contributed by atoms with Crippen LogP contribution in [0.1, 0.15) is 33.6 Å². The van der Waals surface area contributed by atoms with Crippen LogP contribution in [0.4, 0.5) is 0 Å². The van der Waals surface area contributed by atoms with Gasteiger partial charge in [0, 0.05) is 4.87 Å². The summed E-state index contributed by atoms with van der Waals surface area (Å²) in [5, 5.41) is 0. The van der Waals surface area contributed by atoms with Gasteiger partial charge in [-0.2, -0.15) is 0 Å². The molecule has 0 aliphatic heterocycles. The second-order valence-corrected chi connectivity index (χ2v) is 3.49. The van der Waals surface area contributed by atoms with E-state index in [1.165, 1.54) is 6.42 Å². The van der Waals surface area contributed by atoms with Gasteiger partial charge in [0.05, 0.1) is 0 Å². The van der Waals surface area contributed by atoms with Crippen molar-refractivity contribution in [1.82, 2.24) is 0 Å². The molecule has 0 radical (unpaired) electrons. The molecule has 0 spiro atoms. The fraction of sp³-hybridized carbons (Fsp3) is 1.00. The second kappa shape index (κ2) is 2.56. The van der Waals surface area contributed by atoms with Crippen LogP contribution in [0.25, 0.3) is 0 Å². The second-order valence-electron chi connectivity index (χ2n) is 2.47. The van der Waals surface area contributed by atoms with Crippen molar-refractivity contribution in [1.29, 1.82) is 0 Å². The van der Waals surface area contributed by atoms with Gasteiger partial charge in [0.1, 0.15) is 0 Å². The highest BCUT2D eigenvalue weighted by molar-refractivity contribution is 6.23. The topological polar surface area (TPSA) is 0 Å². The average Bonchev–Trinajstić information content (AvgIpc) is 1.30. The first-order chi connectivity index (χ1) is 3.06. The third-order valence-corrected chi connectivity index (χ3v) is 1.03. The van der Waals surface area contributed by atoms with Crippen LogP contribution in [-0.2, 0) is 0 Å². The molecule has 0 saturated heterocycles. The summed E-state index contributed by atoms with van der Waals surface area (Å²) < 4.78 is 0. The summed E-state index contributed by atoms with van der Waals surface area (Å²) in [6.45, 7) is 6.22. The van der Waals surface area contributed by atoms with E-state index in [0.29, 0.717) is 0 Å². The molecule has 0 amide bonds. The van der Waals surface area contributed by atoms with Gasteiger partial charge in [-0.25, -0.2) is 0 Å². The van der Waals surface area contributed by atoms with Crippen molar-refractivity contribution in [3.05, 3.63) is 0 Å². The summed E-state index contributed by atoms with van der Waals surface area (Å²) >= 11 is 5.83. The molecule has 0 aliphatic carbocycles. The first-order valence-corrected chi connectivity index (χ1v) is 3.13. The Hall–Kier alpha value is 0.290. The molecule has 0 aromatic rings. The first-order valence-electron chi connectivity index (χ1n) is 2.75. The van der Waals surface area contributed by atoms with Crippen molar-refractivity contribution in [3.63, 3.8) is 0 Å². The predicted molar refractivity (Wildman–Crippen MR) is 34.8 cm³/mol. The molecule has 0 N–H and O–H groups in total. The summed E-state index contributed by atoms with van der Waals surface area (Å²) in [6.07, 6.45) is 2.28. The van der Waals surface area contributed by atoms with Crippen molar-refractivity contribution in [2.45, 2.75) is 38.5 Å². The predicted octanol–water partition coefficient (Wildman–Crippen LogP) is 2.80. The Morgan fingerprint density at radius 3 is 1.86 bits per heavy atom. The molecule has 0 aromatic carbocycles. The molecule has 0 aromatic heterocycles. The summed E-state index contributed by atoms with van der Waals surface area (Å²) in [5.74, 6) is 0. The Kier molecular flexibility index (Phi) is 2.67. The molecule has 0 rings (SSSR count). The maximum atomic E-state index is 5.83. The van der Waals surface area contributed by atoms with E-state index in [9.17, 15) is 0 Å². The minimum absolute atomic E-state index is 0.0226. The number of hydrogen-bond donors (Lipinski definition) is 0. The van der Waals surface area contributed by atoms with Gasteiger partial charge in [0.15, 0.2) is 0 Å². The van der Waals surface area contributed by atoms with E-state index in [0.717, 1.165) is 6.42 Å². The molecular formula is C6H13Cl. The smallest absolute Gasteiger partial charge is 0.0390 e. The van der Waals surface area contributed by atoms with Gasteiger partial charge in [-0.3, -0.25) is 0 Å². The molecule has 44 valence electrons. The molecular weight excluding hydrogens is 108 g/mol. The van der Waals surface area contributed by atoms with Crippen LogP contribution in [-0.4, -0.2) is 4.87 Å². The largest absolute Gasteiger partial charge is 0.120 e. The Balaban J connectivity index is 3.15. The molecule has 0 unspecified atom stereocenters. The molecule has 0 heterocycles. The lowest BCUT2D eigenvalue weighted by Crippen LogP contribution is -2.07.